The van der Waals surface area contributed by atoms with Crippen LogP contribution >= 0.6 is 0 Å². The molecule has 120 valence electrons. The van der Waals surface area contributed by atoms with E-state index in [0.717, 1.165) is 11.1 Å². The average molecular weight is 312 g/mol. The molecule has 0 radical (unpaired) electrons. The Kier molecular flexibility index (Phi) is 6.17. The molecule has 0 saturated carbocycles. The number of nitrogens with zero attached hydrogens (tertiary/aromatic N) is 1. The molecule has 0 aliphatic carbocycles. The predicted molar refractivity (Wildman–Crippen MR) is 89.8 cm³/mol. The van der Waals surface area contributed by atoms with Gasteiger partial charge >= 0.3 is 0 Å². The summed E-state index contributed by atoms with van der Waals surface area (Å²) in [5.74, 6) is 0.330. The van der Waals surface area contributed by atoms with Crippen molar-refractivity contribution in [2.24, 2.45) is 5.10 Å². The number of ether oxygens (including phenoxy) is 1. The molecule has 2 aromatic carbocycles. The minimum atomic E-state index is -0.145. The van der Waals surface area contributed by atoms with Gasteiger partial charge in [0.05, 0.1) is 12.8 Å². The van der Waals surface area contributed by atoms with Gasteiger partial charge in [-0.1, -0.05) is 30.3 Å². The van der Waals surface area contributed by atoms with E-state index in [2.05, 4.69) is 10.5 Å². The Bertz CT molecular complexity index is 669. The zero-order chi connectivity index (χ0) is 16.5. The van der Waals surface area contributed by atoms with Gasteiger partial charge in [-0.25, -0.2) is 5.43 Å². The summed E-state index contributed by atoms with van der Waals surface area (Å²) in [6.45, 7) is 2.30. The SMILES string of the molecule is CCOc1cc(C=NNC(=O)CCc2ccccc2)ccc1O. The van der Waals surface area contributed by atoms with Gasteiger partial charge < -0.3 is 9.84 Å². The van der Waals surface area contributed by atoms with Crippen molar-refractivity contribution in [3.8, 4) is 11.5 Å². The lowest BCUT2D eigenvalue weighted by Gasteiger charge is -2.06. The topological polar surface area (TPSA) is 70.9 Å². The molecule has 5 nitrogen and oxygen atoms in total. The van der Waals surface area contributed by atoms with E-state index in [9.17, 15) is 9.90 Å². The minimum absolute atomic E-state index is 0.0795. The maximum absolute atomic E-state index is 11.7. The number of hydrazone groups is 1. The monoisotopic (exact) mass is 312 g/mol. The van der Waals surface area contributed by atoms with Gasteiger partial charge in [0, 0.05) is 6.42 Å². The fraction of sp³-hybridized carbons (Fsp3) is 0.222. The van der Waals surface area contributed by atoms with Crippen LogP contribution in [0.5, 0.6) is 11.5 Å². The number of benzene rings is 2. The first-order valence-electron chi connectivity index (χ1n) is 7.50. The van der Waals surface area contributed by atoms with Crippen molar-refractivity contribution in [1.29, 1.82) is 0 Å². The summed E-state index contributed by atoms with van der Waals surface area (Å²) in [6.07, 6.45) is 2.57. The highest BCUT2D eigenvalue weighted by Gasteiger charge is 2.03. The van der Waals surface area contributed by atoms with E-state index in [-0.39, 0.29) is 11.7 Å². The maximum atomic E-state index is 11.7. The van der Waals surface area contributed by atoms with Gasteiger partial charge in [0.2, 0.25) is 5.91 Å². The normalized spacial score (nSPS) is 10.7. The molecule has 0 heterocycles. The van der Waals surface area contributed by atoms with Crippen LogP contribution < -0.4 is 10.2 Å². The number of nitrogens with one attached hydrogen (secondary N) is 1. The first kappa shape index (κ1) is 16.5. The van der Waals surface area contributed by atoms with Gasteiger partial charge in [0.25, 0.3) is 0 Å². The largest absolute Gasteiger partial charge is 0.504 e. The summed E-state index contributed by atoms with van der Waals surface area (Å²) >= 11 is 0. The third-order valence-electron chi connectivity index (χ3n) is 3.17. The van der Waals surface area contributed by atoms with Crippen LogP contribution in [0.1, 0.15) is 24.5 Å². The lowest BCUT2D eigenvalue weighted by atomic mass is 10.1. The fourth-order valence-electron chi connectivity index (χ4n) is 2.02. The van der Waals surface area contributed by atoms with Crippen LogP contribution in [0.2, 0.25) is 0 Å². The van der Waals surface area contributed by atoms with Crippen molar-refractivity contribution in [3.63, 3.8) is 0 Å². The first-order chi connectivity index (χ1) is 11.2. The molecule has 2 aromatic rings. The predicted octanol–water partition coefficient (Wildman–Crippen LogP) is 2.87. The van der Waals surface area contributed by atoms with E-state index in [4.69, 9.17) is 4.74 Å². The molecular formula is C18H20N2O3. The second kappa shape index (κ2) is 8.58. The van der Waals surface area contributed by atoms with Crippen LogP contribution in [0.3, 0.4) is 0 Å². The van der Waals surface area contributed by atoms with E-state index in [1.165, 1.54) is 12.3 Å². The summed E-state index contributed by atoms with van der Waals surface area (Å²) in [5.41, 5.74) is 4.34. The number of rotatable bonds is 7. The van der Waals surface area contributed by atoms with E-state index >= 15 is 0 Å². The molecule has 0 bridgehead atoms. The molecule has 0 aromatic heterocycles. The third-order valence-corrected chi connectivity index (χ3v) is 3.17. The number of phenols is 1. The summed E-state index contributed by atoms with van der Waals surface area (Å²) in [4.78, 5) is 11.7. The summed E-state index contributed by atoms with van der Waals surface area (Å²) in [6, 6.07) is 14.7. The van der Waals surface area contributed by atoms with Crippen LogP contribution in [-0.4, -0.2) is 23.8 Å². The second-order valence-corrected chi connectivity index (χ2v) is 4.94. The minimum Gasteiger partial charge on any atom is -0.504 e. The Morgan fingerprint density at radius 3 is 2.78 bits per heavy atom. The van der Waals surface area contributed by atoms with Crippen molar-refractivity contribution in [2.45, 2.75) is 19.8 Å². The Morgan fingerprint density at radius 1 is 1.26 bits per heavy atom. The van der Waals surface area contributed by atoms with Crippen molar-refractivity contribution in [1.82, 2.24) is 5.43 Å². The molecule has 0 spiro atoms. The number of amides is 1. The standard InChI is InChI=1S/C18H20N2O3/c1-2-23-17-12-15(8-10-16(17)21)13-19-20-18(22)11-9-14-6-4-3-5-7-14/h3-8,10,12-13,21H,2,9,11H2,1H3,(H,20,22). The van der Waals surface area contributed by atoms with Crippen molar-refractivity contribution >= 4 is 12.1 Å². The number of hydrogen-bond donors (Lipinski definition) is 2. The van der Waals surface area contributed by atoms with Crippen LogP contribution in [0, 0.1) is 0 Å². The van der Waals surface area contributed by atoms with Crippen LogP contribution in [0.4, 0.5) is 0 Å². The summed E-state index contributed by atoms with van der Waals surface area (Å²) in [7, 11) is 0. The maximum Gasteiger partial charge on any atom is 0.240 e. The zero-order valence-corrected chi connectivity index (χ0v) is 13.0. The van der Waals surface area contributed by atoms with Crippen molar-refractivity contribution in [2.75, 3.05) is 6.61 Å². The summed E-state index contributed by atoms with van der Waals surface area (Å²) < 4.78 is 5.29. The van der Waals surface area contributed by atoms with Gasteiger partial charge in [0.15, 0.2) is 11.5 Å². The second-order valence-electron chi connectivity index (χ2n) is 4.94. The Labute approximate surface area is 135 Å². The smallest absolute Gasteiger partial charge is 0.240 e. The molecule has 23 heavy (non-hydrogen) atoms. The van der Waals surface area contributed by atoms with E-state index in [0.29, 0.717) is 25.2 Å². The lowest BCUT2D eigenvalue weighted by Crippen LogP contribution is -2.17. The molecule has 0 aliphatic heterocycles. The van der Waals surface area contributed by atoms with Gasteiger partial charge in [-0.05, 0) is 42.7 Å². The molecule has 0 atom stereocenters. The molecule has 1 amide bonds. The molecule has 0 saturated heterocycles. The molecule has 0 unspecified atom stereocenters. The average Bonchev–Trinajstić information content (AvgIpc) is 2.57. The molecule has 5 heteroatoms. The van der Waals surface area contributed by atoms with Crippen molar-refractivity contribution in [3.05, 3.63) is 59.7 Å². The van der Waals surface area contributed by atoms with Crippen molar-refractivity contribution < 1.29 is 14.6 Å². The zero-order valence-electron chi connectivity index (χ0n) is 13.0. The number of hydrogen-bond acceptors (Lipinski definition) is 4. The van der Waals surface area contributed by atoms with Gasteiger partial charge in [-0.3, -0.25) is 4.79 Å². The molecule has 0 fully saturated rings. The number of aryl methyl sites for hydroxylation is 1. The lowest BCUT2D eigenvalue weighted by molar-refractivity contribution is -0.121. The fourth-order valence-corrected chi connectivity index (χ4v) is 2.02. The van der Waals surface area contributed by atoms with Gasteiger partial charge in [0.1, 0.15) is 0 Å². The third kappa shape index (κ3) is 5.47. The highest BCUT2D eigenvalue weighted by Crippen LogP contribution is 2.26. The highest BCUT2D eigenvalue weighted by atomic mass is 16.5. The van der Waals surface area contributed by atoms with Crippen LogP contribution in [0.25, 0.3) is 0 Å². The number of carbonyl (C=O) groups excluding carboxylic acids is 1. The number of carbonyl (C=O) groups is 1. The number of aromatic hydroxyl groups is 1. The molecule has 0 aliphatic rings. The van der Waals surface area contributed by atoms with Crippen LogP contribution in [-0.2, 0) is 11.2 Å². The summed E-state index contributed by atoms with van der Waals surface area (Å²) in [5, 5.41) is 13.5. The molecule has 2 N–H and O–H groups in total. The van der Waals surface area contributed by atoms with Gasteiger partial charge in [-0.2, -0.15) is 5.10 Å². The quantitative estimate of drug-likeness (QED) is 0.610. The van der Waals surface area contributed by atoms with E-state index in [1.54, 1.807) is 12.1 Å². The Morgan fingerprint density at radius 2 is 2.04 bits per heavy atom. The molecule has 2 rings (SSSR count). The Balaban J connectivity index is 1.84. The Hall–Kier alpha value is -2.82. The first-order valence-corrected chi connectivity index (χ1v) is 7.50. The number of phenolic OH excluding ortho intramolecular Hbond substituents is 1. The van der Waals surface area contributed by atoms with E-state index in [1.807, 2.05) is 37.3 Å². The highest BCUT2D eigenvalue weighted by molar-refractivity contribution is 5.83. The van der Waals surface area contributed by atoms with E-state index < -0.39 is 0 Å². The molecular weight excluding hydrogens is 292 g/mol. The van der Waals surface area contributed by atoms with Crippen LogP contribution in [0.15, 0.2) is 53.6 Å². The van der Waals surface area contributed by atoms with Gasteiger partial charge in [-0.15, -0.1) is 0 Å².